The summed E-state index contributed by atoms with van der Waals surface area (Å²) >= 11 is 0. The summed E-state index contributed by atoms with van der Waals surface area (Å²) in [5.74, 6) is 0.531. The van der Waals surface area contributed by atoms with E-state index < -0.39 is 0 Å². The first-order valence-corrected chi connectivity index (χ1v) is 4.14. The van der Waals surface area contributed by atoms with Crippen LogP contribution in [0.1, 0.15) is 5.69 Å². The molecule has 0 aliphatic carbocycles. The van der Waals surface area contributed by atoms with Gasteiger partial charge in [0, 0.05) is 11.4 Å². The number of hydrogen-bond acceptors (Lipinski definition) is 2. The van der Waals surface area contributed by atoms with Gasteiger partial charge in [0.05, 0.1) is 6.20 Å². The highest BCUT2D eigenvalue weighted by molar-refractivity contribution is 5.41. The largest absolute Gasteiger partial charge is 0.369 e. The summed E-state index contributed by atoms with van der Waals surface area (Å²) in [5.41, 5.74) is 7.82. The van der Waals surface area contributed by atoms with E-state index in [1.165, 1.54) is 0 Å². The Labute approximate surface area is 76.8 Å². The lowest BCUT2D eigenvalue weighted by atomic mass is 10.3. The number of nitrogens with two attached hydrogens (primary N) is 1. The zero-order valence-electron chi connectivity index (χ0n) is 7.44. The first-order chi connectivity index (χ1) is 6.29. The summed E-state index contributed by atoms with van der Waals surface area (Å²) < 4.78 is 1.92. The van der Waals surface area contributed by atoms with Crippen molar-refractivity contribution >= 4 is 5.95 Å². The number of aromatic nitrogens is 2. The van der Waals surface area contributed by atoms with E-state index in [1.807, 2.05) is 41.8 Å². The SMILES string of the molecule is Cc1cnc(N)n1-c1ccccc1. The van der Waals surface area contributed by atoms with E-state index in [4.69, 9.17) is 5.73 Å². The van der Waals surface area contributed by atoms with Crippen LogP contribution in [0.4, 0.5) is 5.95 Å². The highest BCUT2D eigenvalue weighted by atomic mass is 15.2. The van der Waals surface area contributed by atoms with E-state index in [0.717, 1.165) is 11.4 Å². The van der Waals surface area contributed by atoms with Crippen LogP contribution in [0.15, 0.2) is 36.5 Å². The molecule has 2 aromatic rings. The Kier molecular flexibility index (Phi) is 1.77. The Morgan fingerprint density at radius 2 is 1.92 bits per heavy atom. The fraction of sp³-hybridized carbons (Fsp3) is 0.100. The molecule has 0 bridgehead atoms. The number of para-hydroxylation sites is 1. The summed E-state index contributed by atoms with van der Waals surface area (Å²) in [6, 6.07) is 9.95. The third-order valence-corrected chi connectivity index (χ3v) is 1.98. The average Bonchev–Trinajstić information content (AvgIpc) is 2.48. The number of nitrogens with zero attached hydrogens (tertiary/aromatic N) is 2. The number of hydrogen-bond donors (Lipinski definition) is 1. The molecule has 13 heavy (non-hydrogen) atoms. The maximum absolute atomic E-state index is 5.73. The van der Waals surface area contributed by atoms with Crippen molar-refractivity contribution < 1.29 is 0 Å². The van der Waals surface area contributed by atoms with Crippen LogP contribution >= 0.6 is 0 Å². The normalized spacial score (nSPS) is 10.2. The van der Waals surface area contributed by atoms with E-state index in [-0.39, 0.29) is 0 Å². The Hall–Kier alpha value is -1.77. The number of benzene rings is 1. The highest BCUT2D eigenvalue weighted by Gasteiger charge is 2.03. The Balaban J connectivity index is 2.59. The topological polar surface area (TPSA) is 43.8 Å². The Morgan fingerprint density at radius 1 is 1.23 bits per heavy atom. The van der Waals surface area contributed by atoms with Gasteiger partial charge >= 0.3 is 0 Å². The van der Waals surface area contributed by atoms with Gasteiger partial charge in [-0.25, -0.2) is 4.98 Å². The number of aryl methyl sites for hydroxylation is 1. The Bertz CT molecular complexity index is 384. The molecule has 0 amide bonds. The standard InChI is InChI=1S/C10H11N3/c1-8-7-12-10(11)13(8)9-5-3-2-4-6-9/h2-7H,1H3,(H2,11,12). The second-order valence-electron chi connectivity index (χ2n) is 2.93. The van der Waals surface area contributed by atoms with Crippen LogP contribution in [0, 0.1) is 6.92 Å². The van der Waals surface area contributed by atoms with E-state index in [9.17, 15) is 0 Å². The van der Waals surface area contributed by atoms with Gasteiger partial charge in [-0.2, -0.15) is 0 Å². The lowest BCUT2D eigenvalue weighted by molar-refractivity contribution is 1.02. The quantitative estimate of drug-likeness (QED) is 0.714. The molecule has 3 nitrogen and oxygen atoms in total. The van der Waals surface area contributed by atoms with E-state index in [2.05, 4.69) is 4.98 Å². The van der Waals surface area contributed by atoms with Gasteiger partial charge in [0.25, 0.3) is 0 Å². The summed E-state index contributed by atoms with van der Waals surface area (Å²) in [7, 11) is 0. The maximum Gasteiger partial charge on any atom is 0.205 e. The highest BCUT2D eigenvalue weighted by Crippen LogP contribution is 2.14. The summed E-state index contributed by atoms with van der Waals surface area (Å²) in [6.45, 7) is 1.98. The molecule has 0 spiro atoms. The molecular formula is C10H11N3. The van der Waals surface area contributed by atoms with Crippen LogP contribution in [0.5, 0.6) is 0 Å². The average molecular weight is 173 g/mol. The minimum atomic E-state index is 0.531. The third-order valence-electron chi connectivity index (χ3n) is 1.98. The van der Waals surface area contributed by atoms with Crippen molar-refractivity contribution in [3.05, 3.63) is 42.2 Å². The molecule has 1 heterocycles. The molecule has 0 aliphatic rings. The molecule has 0 fully saturated rings. The summed E-state index contributed by atoms with van der Waals surface area (Å²) in [4.78, 5) is 4.03. The molecule has 66 valence electrons. The van der Waals surface area contributed by atoms with Gasteiger partial charge in [0.2, 0.25) is 5.95 Å². The lowest BCUT2D eigenvalue weighted by Crippen LogP contribution is -2.01. The van der Waals surface area contributed by atoms with Crippen molar-refractivity contribution in [1.82, 2.24) is 9.55 Å². The summed E-state index contributed by atoms with van der Waals surface area (Å²) in [6.07, 6.45) is 1.77. The lowest BCUT2D eigenvalue weighted by Gasteiger charge is -2.05. The van der Waals surface area contributed by atoms with Gasteiger partial charge in [-0.1, -0.05) is 18.2 Å². The van der Waals surface area contributed by atoms with Gasteiger partial charge < -0.3 is 5.73 Å². The minimum absolute atomic E-state index is 0.531. The van der Waals surface area contributed by atoms with Crippen molar-refractivity contribution in [2.75, 3.05) is 5.73 Å². The van der Waals surface area contributed by atoms with Crippen LogP contribution in [0.25, 0.3) is 5.69 Å². The smallest absolute Gasteiger partial charge is 0.205 e. The van der Waals surface area contributed by atoms with Crippen molar-refractivity contribution in [2.45, 2.75) is 6.92 Å². The van der Waals surface area contributed by atoms with Crippen LogP contribution in [-0.2, 0) is 0 Å². The number of anilines is 1. The predicted molar refractivity (Wildman–Crippen MR) is 52.7 cm³/mol. The number of nitrogen functional groups attached to an aromatic ring is 1. The van der Waals surface area contributed by atoms with Crippen LogP contribution in [0.3, 0.4) is 0 Å². The van der Waals surface area contributed by atoms with Crippen LogP contribution in [-0.4, -0.2) is 9.55 Å². The molecule has 0 saturated heterocycles. The van der Waals surface area contributed by atoms with Gasteiger partial charge in [0.1, 0.15) is 0 Å². The van der Waals surface area contributed by atoms with Crippen molar-refractivity contribution in [2.24, 2.45) is 0 Å². The first kappa shape index (κ1) is 7.86. The zero-order valence-corrected chi connectivity index (χ0v) is 7.44. The fourth-order valence-corrected chi connectivity index (χ4v) is 1.37. The molecule has 0 unspecified atom stereocenters. The van der Waals surface area contributed by atoms with Gasteiger partial charge in [-0.3, -0.25) is 4.57 Å². The second-order valence-corrected chi connectivity index (χ2v) is 2.93. The molecule has 0 radical (unpaired) electrons. The van der Waals surface area contributed by atoms with Crippen LogP contribution in [0.2, 0.25) is 0 Å². The first-order valence-electron chi connectivity index (χ1n) is 4.14. The molecule has 3 heteroatoms. The van der Waals surface area contributed by atoms with Gasteiger partial charge in [-0.15, -0.1) is 0 Å². The van der Waals surface area contributed by atoms with E-state index >= 15 is 0 Å². The van der Waals surface area contributed by atoms with E-state index in [1.54, 1.807) is 6.20 Å². The maximum atomic E-state index is 5.73. The molecular weight excluding hydrogens is 162 g/mol. The van der Waals surface area contributed by atoms with Crippen molar-refractivity contribution in [3.8, 4) is 5.69 Å². The van der Waals surface area contributed by atoms with Gasteiger partial charge in [0.15, 0.2) is 0 Å². The summed E-state index contributed by atoms with van der Waals surface area (Å²) in [5, 5.41) is 0. The predicted octanol–water partition coefficient (Wildman–Crippen LogP) is 1.76. The third kappa shape index (κ3) is 1.28. The molecule has 0 atom stereocenters. The van der Waals surface area contributed by atoms with Crippen LogP contribution < -0.4 is 5.73 Å². The van der Waals surface area contributed by atoms with Gasteiger partial charge in [-0.05, 0) is 19.1 Å². The monoisotopic (exact) mass is 173 g/mol. The Morgan fingerprint density at radius 3 is 2.46 bits per heavy atom. The molecule has 1 aromatic carbocycles. The second kappa shape index (κ2) is 2.94. The minimum Gasteiger partial charge on any atom is -0.369 e. The number of rotatable bonds is 1. The molecule has 1 aromatic heterocycles. The molecule has 0 aliphatic heterocycles. The van der Waals surface area contributed by atoms with Crippen molar-refractivity contribution in [3.63, 3.8) is 0 Å². The fourth-order valence-electron chi connectivity index (χ4n) is 1.37. The zero-order chi connectivity index (χ0) is 9.26. The molecule has 2 rings (SSSR count). The number of imidazole rings is 1. The molecule has 2 N–H and O–H groups in total. The van der Waals surface area contributed by atoms with Crippen molar-refractivity contribution in [1.29, 1.82) is 0 Å². The van der Waals surface area contributed by atoms with E-state index in [0.29, 0.717) is 5.95 Å². The molecule has 0 saturated carbocycles.